The van der Waals surface area contributed by atoms with Gasteiger partial charge in [-0.1, -0.05) is 11.6 Å². The molecule has 0 bridgehead atoms. The average Bonchev–Trinajstić information content (AvgIpc) is 2.46. The highest BCUT2D eigenvalue weighted by Crippen LogP contribution is 2.29. The van der Waals surface area contributed by atoms with Gasteiger partial charge in [-0.3, -0.25) is 0 Å². The zero-order valence-corrected chi connectivity index (χ0v) is 12.4. The van der Waals surface area contributed by atoms with E-state index in [0.29, 0.717) is 31.1 Å². The van der Waals surface area contributed by atoms with Crippen molar-refractivity contribution < 1.29 is 13.9 Å². The Morgan fingerprint density at radius 2 is 2.18 bits per heavy atom. The second kappa shape index (κ2) is 6.33. The van der Waals surface area contributed by atoms with E-state index in [1.807, 2.05) is 0 Å². The van der Waals surface area contributed by atoms with E-state index < -0.39 is 0 Å². The van der Waals surface area contributed by atoms with E-state index >= 15 is 0 Å². The number of anilines is 2. The molecule has 0 spiro atoms. The van der Waals surface area contributed by atoms with E-state index in [1.54, 1.807) is 6.07 Å². The first-order valence-electron chi connectivity index (χ1n) is 6.67. The molecule has 1 aliphatic rings. The molecule has 2 aromatic rings. The maximum absolute atomic E-state index is 13.6. The second-order valence-electron chi connectivity index (χ2n) is 4.77. The molecule has 0 radical (unpaired) electrons. The summed E-state index contributed by atoms with van der Waals surface area (Å²) < 4.78 is 24.2. The first kappa shape index (κ1) is 14.8. The summed E-state index contributed by atoms with van der Waals surface area (Å²) in [6, 6.07) is 4.47. The molecule has 0 fully saturated rings. The number of hydrogen-bond acceptors (Lipinski definition) is 6. The van der Waals surface area contributed by atoms with Crippen LogP contribution in [0, 0.1) is 5.82 Å². The predicted molar refractivity (Wildman–Crippen MR) is 80.3 cm³/mol. The van der Waals surface area contributed by atoms with Crippen LogP contribution in [0.3, 0.4) is 0 Å². The van der Waals surface area contributed by atoms with E-state index in [4.69, 9.17) is 26.8 Å². The maximum Gasteiger partial charge on any atom is 0.223 e. The summed E-state index contributed by atoms with van der Waals surface area (Å²) >= 11 is 5.81. The minimum atomic E-state index is -0.308. The van der Waals surface area contributed by atoms with Gasteiger partial charge in [0.2, 0.25) is 5.95 Å². The molecular formula is C14H14ClFN4O2. The quantitative estimate of drug-likeness (QED) is 0.840. The third-order valence-corrected chi connectivity index (χ3v) is 3.36. The number of ether oxygens (including phenoxy) is 2. The summed E-state index contributed by atoms with van der Waals surface area (Å²) in [5.74, 6) is 0.998. The number of hydrogen-bond donors (Lipinski definition) is 2. The van der Waals surface area contributed by atoms with Gasteiger partial charge in [0, 0.05) is 18.2 Å². The van der Waals surface area contributed by atoms with E-state index in [0.717, 1.165) is 11.1 Å². The highest BCUT2D eigenvalue weighted by atomic mass is 35.5. The van der Waals surface area contributed by atoms with Gasteiger partial charge in [-0.15, -0.1) is 0 Å². The summed E-state index contributed by atoms with van der Waals surface area (Å²) in [5.41, 5.74) is 7.02. The molecule has 1 aromatic heterocycles. The average molecular weight is 325 g/mol. The maximum atomic E-state index is 13.6. The minimum absolute atomic E-state index is 0.0959. The highest BCUT2D eigenvalue weighted by molar-refractivity contribution is 6.29. The fourth-order valence-electron chi connectivity index (χ4n) is 2.29. The van der Waals surface area contributed by atoms with Gasteiger partial charge >= 0.3 is 0 Å². The lowest BCUT2D eigenvalue weighted by molar-refractivity contribution is -0.0172. The van der Waals surface area contributed by atoms with Crippen LogP contribution in [-0.4, -0.2) is 23.3 Å². The number of nitrogens with zero attached hydrogens (tertiary/aromatic N) is 2. The van der Waals surface area contributed by atoms with Crippen molar-refractivity contribution in [3.05, 3.63) is 40.3 Å². The Morgan fingerprint density at radius 3 is 3.00 bits per heavy atom. The van der Waals surface area contributed by atoms with E-state index in [9.17, 15) is 4.39 Å². The molecule has 2 heterocycles. The zero-order chi connectivity index (χ0) is 15.5. The van der Waals surface area contributed by atoms with E-state index in [2.05, 4.69) is 15.3 Å². The number of nitrogens with one attached hydrogen (secondary N) is 1. The third kappa shape index (κ3) is 3.37. The normalized spacial score (nSPS) is 13.4. The minimum Gasteiger partial charge on any atom is -0.467 e. The summed E-state index contributed by atoms with van der Waals surface area (Å²) in [5, 5.41) is 3.34. The molecule has 3 rings (SSSR count). The number of halogens is 2. The van der Waals surface area contributed by atoms with Gasteiger partial charge in [0.1, 0.15) is 22.5 Å². The number of nitrogens with two attached hydrogens (primary N) is 1. The first-order valence-corrected chi connectivity index (χ1v) is 7.05. The third-order valence-electron chi connectivity index (χ3n) is 3.16. The molecule has 116 valence electrons. The number of benzene rings is 1. The second-order valence-corrected chi connectivity index (χ2v) is 5.16. The lowest BCUT2D eigenvalue weighted by Gasteiger charge is -2.21. The predicted octanol–water partition coefficient (Wildman–Crippen LogP) is 2.37. The lowest BCUT2D eigenvalue weighted by atomic mass is 10.1. The van der Waals surface area contributed by atoms with Crippen molar-refractivity contribution in [1.29, 1.82) is 0 Å². The van der Waals surface area contributed by atoms with Gasteiger partial charge < -0.3 is 20.5 Å². The van der Waals surface area contributed by atoms with Crippen LogP contribution in [0.5, 0.6) is 5.75 Å². The highest BCUT2D eigenvalue weighted by Gasteiger charge is 2.16. The first-order chi connectivity index (χ1) is 10.6. The van der Waals surface area contributed by atoms with Gasteiger partial charge in [-0.05, 0) is 24.1 Å². The molecule has 0 saturated carbocycles. The molecule has 1 aliphatic heterocycles. The summed E-state index contributed by atoms with van der Waals surface area (Å²) in [7, 11) is 0. The van der Waals surface area contributed by atoms with Crippen LogP contribution in [-0.2, 0) is 17.8 Å². The fourth-order valence-corrected chi connectivity index (χ4v) is 2.48. The van der Waals surface area contributed by atoms with E-state index in [-0.39, 0.29) is 23.7 Å². The van der Waals surface area contributed by atoms with Gasteiger partial charge in [-0.25, -0.2) is 9.37 Å². The summed E-state index contributed by atoms with van der Waals surface area (Å²) in [6.07, 6.45) is 0.557. The molecule has 0 aliphatic carbocycles. The van der Waals surface area contributed by atoms with Crippen molar-refractivity contribution in [2.75, 3.05) is 24.4 Å². The van der Waals surface area contributed by atoms with Crippen LogP contribution >= 0.6 is 11.6 Å². The molecule has 0 saturated heterocycles. The van der Waals surface area contributed by atoms with Crippen LogP contribution in [0.25, 0.3) is 0 Å². The van der Waals surface area contributed by atoms with Crippen molar-refractivity contribution >= 4 is 23.4 Å². The Balaban J connectivity index is 1.70. The van der Waals surface area contributed by atoms with Crippen molar-refractivity contribution in [1.82, 2.24) is 9.97 Å². The van der Waals surface area contributed by atoms with Crippen molar-refractivity contribution in [3.8, 4) is 5.75 Å². The van der Waals surface area contributed by atoms with Gasteiger partial charge in [0.05, 0.1) is 6.61 Å². The van der Waals surface area contributed by atoms with Gasteiger partial charge in [0.15, 0.2) is 6.79 Å². The molecule has 3 N–H and O–H groups in total. The summed E-state index contributed by atoms with van der Waals surface area (Å²) in [6.45, 7) is 1.05. The van der Waals surface area contributed by atoms with Gasteiger partial charge in [0.25, 0.3) is 0 Å². The van der Waals surface area contributed by atoms with E-state index in [1.165, 1.54) is 12.1 Å². The number of rotatable bonds is 4. The molecule has 0 atom stereocenters. The molecule has 8 heteroatoms. The Kier molecular flexibility index (Phi) is 4.26. The van der Waals surface area contributed by atoms with Crippen molar-refractivity contribution in [2.24, 2.45) is 0 Å². The Bertz CT molecular complexity index is 679. The van der Waals surface area contributed by atoms with Gasteiger partial charge in [-0.2, -0.15) is 4.98 Å². The summed E-state index contributed by atoms with van der Waals surface area (Å²) in [4.78, 5) is 7.79. The van der Waals surface area contributed by atoms with Crippen LogP contribution in [0.2, 0.25) is 5.15 Å². The van der Waals surface area contributed by atoms with Crippen LogP contribution in [0.15, 0.2) is 18.2 Å². The zero-order valence-electron chi connectivity index (χ0n) is 11.6. The Morgan fingerprint density at radius 1 is 1.32 bits per heavy atom. The topological polar surface area (TPSA) is 82.3 Å². The Labute approximate surface area is 131 Å². The smallest absolute Gasteiger partial charge is 0.223 e. The Hall–Kier alpha value is -2.12. The lowest BCUT2D eigenvalue weighted by Crippen LogP contribution is -2.15. The largest absolute Gasteiger partial charge is 0.467 e. The SMILES string of the molecule is Nc1nc(Cl)cc(NCCc2cc(F)cc3c2OCOC3)n1. The van der Waals surface area contributed by atoms with Crippen molar-refractivity contribution in [2.45, 2.75) is 13.0 Å². The molecule has 22 heavy (non-hydrogen) atoms. The van der Waals surface area contributed by atoms with Crippen molar-refractivity contribution in [3.63, 3.8) is 0 Å². The number of nitrogen functional groups attached to an aromatic ring is 1. The molecule has 6 nitrogen and oxygen atoms in total. The molecular weight excluding hydrogens is 311 g/mol. The molecule has 0 amide bonds. The van der Waals surface area contributed by atoms with Crippen LogP contribution < -0.4 is 15.8 Å². The monoisotopic (exact) mass is 324 g/mol. The van der Waals surface area contributed by atoms with Crippen LogP contribution in [0.4, 0.5) is 16.2 Å². The molecule has 1 aromatic carbocycles. The van der Waals surface area contributed by atoms with Crippen LogP contribution in [0.1, 0.15) is 11.1 Å². The fraction of sp³-hybridized carbons (Fsp3) is 0.286. The molecule has 0 unspecified atom stereocenters. The standard InChI is InChI=1S/C14H14ClFN4O2/c15-11-5-12(20-14(17)19-11)18-2-1-8-3-10(16)4-9-6-21-7-22-13(8)9/h3-5H,1-2,6-7H2,(H3,17,18,19,20). The number of fused-ring (bicyclic) bond motifs is 1. The number of aromatic nitrogens is 2.